The molecule has 0 saturated heterocycles. The average Bonchev–Trinajstić information content (AvgIpc) is 2.47. The second-order valence-corrected chi connectivity index (χ2v) is 5.52. The smallest absolute Gasteiger partial charge is 0.118 e. The molecule has 1 N–H and O–H groups in total. The second-order valence-electron chi connectivity index (χ2n) is 5.52. The van der Waals surface area contributed by atoms with Gasteiger partial charge in [0.25, 0.3) is 0 Å². The van der Waals surface area contributed by atoms with Crippen molar-refractivity contribution in [1.82, 2.24) is 0 Å². The first kappa shape index (κ1) is 14.6. The van der Waals surface area contributed by atoms with Gasteiger partial charge in [0.05, 0.1) is 7.11 Å². The van der Waals surface area contributed by atoms with Crippen molar-refractivity contribution in [1.29, 1.82) is 0 Å². The van der Waals surface area contributed by atoms with E-state index in [9.17, 15) is 5.11 Å². The highest BCUT2D eigenvalue weighted by atomic mass is 16.5. The Balaban J connectivity index is 2.13. The molecule has 0 aliphatic heterocycles. The fourth-order valence-electron chi connectivity index (χ4n) is 2.29. The highest BCUT2D eigenvalue weighted by Gasteiger charge is 2.10. The molecular formula is C18H22O2. The van der Waals surface area contributed by atoms with E-state index < -0.39 is 6.10 Å². The summed E-state index contributed by atoms with van der Waals surface area (Å²) in [6, 6.07) is 15.7. The minimum absolute atomic E-state index is 0.589. The highest BCUT2D eigenvalue weighted by Crippen LogP contribution is 2.24. The van der Waals surface area contributed by atoms with E-state index in [1.165, 1.54) is 5.56 Å². The first-order valence-corrected chi connectivity index (χ1v) is 7.01. The average molecular weight is 270 g/mol. The summed E-state index contributed by atoms with van der Waals surface area (Å²) >= 11 is 0. The molecular weight excluding hydrogens is 248 g/mol. The van der Waals surface area contributed by atoms with Crippen molar-refractivity contribution in [2.24, 2.45) is 5.92 Å². The van der Waals surface area contributed by atoms with Crippen molar-refractivity contribution < 1.29 is 9.84 Å². The molecule has 106 valence electrons. The molecule has 0 aliphatic rings. The van der Waals surface area contributed by atoms with E-state index in [0.29, 0.717) is 5.92 Å². The van der Waals surface area contributed by atoms with Gasteiger partial charge in [-0.05, 0) is 41.2 Å². The minimum atomic E-state index is -0.589. The molecule has 0 bridgehead atoms. The molecule has 2 rings (SSSR count). The summed E-state index contributed by atoms with van der Waals surface area (Å²) in [4.78, 5) is 0. The van der Waals surface area contributed by atoms with Crippen LogP contribution in [0.25, 0.3) is 0 Å². The zero-order chi connectivity index (χ0) is 14.5. The lowest BCUT2D eigenvalue weighted by atomic mass is 9.97. The van der Waals surface area contributed by atoms with Crippen LogP contribution in [0, 0.1) is 5.92 Å². The molecule has 2 aromatic rings. The number of methoxy groups -OCH3 is 1. The van der Waals surface area contributed by atoms with Crippen molar-refractivity contribution in [3.63, 3.8) is 0 Å². The molecule has 0 amide bonds. The largest absolute Gasteiger partial charge is 0.497 e. The third kappa shape index (κ3) is 3.61. The van der Waals surface area contributed by atoms with E-state index in [4.69, 9.17) is 4.74 Å². The zero-order valence-electron chi connectivity index (χ0n) is 12.3. The van der Waals surface area contributed by atoms with Crippen LogP contribution in [-0.4, -0.2) is 12.2 Å². The predicted octanol–water partition coefficient (Wildman–Crippen LogP) is 3.98. The topological polar surface area (TPSA) is 29.5 Å². The van der Waals surface area contributed by atoms with Crippen LogP contribution in [0.1, 0.15) is 36.6 Å². The second kappa shape index (κ2) is 6.58. The van der Waals surface area contributed by atoms with Gasteiger partial charge in [0.15, 0.2) is 0 Å². The first-order chi connectivity index (χ1) is 9.60. The molecule has 2 heteroatoms. The van der Waals surface area contributed by atoms with Crippen LogP contribution in [0.3, 0.4) is 0 Å². The molecule has 1 atom stereocenters. The molecule has 0 heterocycles. The van der Waals surface area contributed by atoms with Gasteiger partial charge in [-0.1, -0.05) is 50.2 Å². The number of ether oxygens (including phenoxy) is 1. The Morgan fingerprint density at radius 2 is 1.40 bits per heavy atom. The Bertz CT molecular complexity index is 526. The van der Waals surface area contributed by atoms with E-state index in [1.54, 1.807) is 7.11 Å². The fourth-order valence-corrected chi connectivity index (χ4v) is 2.29. The van der Waals surface area contributed by atoms with E-state index in [-0.39, 0.29) is 0 Å². The van der Waals surface area contributed by atoms with Crippen molar-refractivity contribution in [3.8, 4) is 5.75 Å². The third-order valence-electron chi connectivity index (χ3n) is 3.37. The zero-order valence-corrected chi connectivity index (χ0v) is 12.3. The summed E-state index contributed by atoms with van der Waals surface area (Å²) in [5.74, 6) is 1.44. The molecule has 0 radical (unpaired) electrons. The Morgan fingerprint density at radius 3 is 1.85 bits per heavy atom. The molecule has 0 spiro atoms. The molecule has 0 aromatic heterocycles. The van der Waals surface area contributed by atoms with Crippen LogP contribution in [-0.2, 0) is 6.42 Å². The van der Waals surface area contributed by atoms with Gasteiger partial charge in [-0.15, -0.1) is 0 Å². The summed E-state index contributed by atoms with van der Waals surface area (Å²) in [7, 11) is 1.64. The van der Waals surface area contributed by atoms with Crippen molar-refractivity contribution in [2.45, 2.75) is 26.4 Å². The molecule has 0 aliphatic carbocycles. The number of aliphatic hydroxyl groups is 1. The Labute approximate surface area is 121 Å². The van der Waals surface area contributed by atoms with Gasteiger partial charge in [-0.2, -0.15) is 0 Å². The Morgan fingerprint density at radius 1 is 0.900 bits per heavy atom. The van der Waals surface area contributed by atoms with Crippen LogP contribution in [0.4, 0.5) is 0 Å². The lowest BCUT2D eigenvalue weighted by Crippen LogP contribution is -2.00. The van der Waals surface area contributed by atoms with Crippen LogP contribution in [0.15, 0.2) is 48.5 Å². The molecule has 2 aromatic carbocycles. The van der Waals surface area contributed by atoms with Gasteiger partial charge < -0.3 is 9.84 Å². The molecule has 2 nitrogen and oxygen atoms in total. The van der Waals surface area contributed by atoms with Crippen LogP contribution < -0.4 is 4.74 Å². The highest BCUT2D eigenvalue weighted by molar-refractivity contribution is 5.35. The van der Waals surface area contributed by atoms with Gasteiger partial charge in [0, 0.05) is 0 Å². The Hall–Kier alpha value is -1.80. The summed E-state index contributed by atoms with van der Waals surface area (Å²) in [5.41, 5.74) is 3.11. The van der Waals surface area contributed by atoms with Crippen LogP contribution >= 0.6 is 0 Å². The van der Waals surface area contributed by atoms with Gasteiger partial charge in [0.1, 0.15) is 11.9 Å². The van der Waals surface area contributed by atoms with Gasteiger partial charge in [-0.25, -0.2) is 0 Å². The maximum atomic E-state index is 10.4. The first-order valence-electron chi connectivity index (χ1n) is 7.01. The van der Waals surface area contributed by atoms with E-state index >= 15 is 0 Å². The molecule has 1 unspecified atom stereocenters. The third-order valence-corrected chi connectivity index (χ3v) is 3.37. The summed E-state index contributed by atoms with van der Waals surface area (Å²) in [5, 5.41) is 10.4. The summed E-state index contributed by atoms with van der Waals surface area (Å²) in [6.45, 7) is 4.42. The quantitative estimate of drug-likeness (QED) is 0.890. The number of aliphatic hydroxyl groups excluding tert-OH is 1. The SMILES string of the molecule is COc1ccc(C(O)c2ccc(CC(C)C)cc2)cc1. The van der Waals surface area contributed by atoms with Crippen molar-refractivity contribution in [2.75, 3.05) is 7.11 Å². The number of benzene rings is 2. The fraction of sp³-hybridized carbons (Fsp3) is 0.333. The maximum absolute atomic E-state index is 10.4. The number of hydrogen-bond donors (Lipinski definition) is 1. The van der Waals surface area contributed by atoms with Crippen molar-refractivity contribution >= 4 is 0 Å². The lowest BCUT2D eigenvalue weighted by molar-refractivity contribution is 0.220. The van der Waals surface area contributed by atoms with Gasteiger partial charge in [-0.3, -0.25) is 0 Å². The monoisotopic (exact) mass is 270 g/mol. The summed E-state index contributed by atoms with van der Waals surface area (Å²) in [6.07, 6.45) is 0.479. The van der Waals surface area contributed by atoms with Crippen LogP contribution in [0.5, 0.6) is 5.75 Å². The molecule has 0 fully saturated rings. The standard InChI is InChI=1S/C18H22O2/c1-13(2)12-14-4-6-15(7-5-14)18(19)16-8-10-17(20-3)11-9-16/h4-11,13,18-19H,12H2,1-3H3. The predicted molar refractivity (Wildman–Crippen MR) is 82.0 cm³/mol. The minimum Gasteiger partial charge on any atom is -0.497 e. The number of rotatable bonds is 5. The van der Waals surface area contributed by atoms with E-state index in [2.05, 4.69) is 26.0 Å². The molecule has 20 heavy (non-hydrogen) atoms. The summed E-state index contributed by atoms with van der Waals surface area (Å²) < 4.78 is 5.13. The van der Waals surface area contributed by atoms with E-state index in [1.807, 2.05) is 36.4 Å². The maximum Gasteiger partial charge on any atom is 0.118 e. The molecule has 0 saturated carbocycles. The van der Waals surface area contributed by atoms with Gasteiger partial charge >= 0.3 is 0 Å². The Kier molecular flexibility index (Phi) is 4.80. The lowest BCUT2D eigenvalue weighted by Gasteiger charge is -2.13. The van der Waals surface area contributed by atoms with Crippen LogP contribution in [0.2, 0.25) is 0 Å². The van der Waals surface area contributed by atoms with E-state index in [0.717, 1.165) is 23.3 Å². The van der Waals surface area contributed by atoms with Gasteiger partial charge in [0.2, 0.25) is 0 Å². The number of hydrogen-bond acceptors (Lipinski definition) is 2. The van der Waals surface area contributed by atoms with Crippen molar-refractivity contribution in [3.05, 3.63) is 65.2 Å². The normalized spacial score (nSPS) is 12.4.